The fourth-order valence-electron chi connectivity index (χ4n) is 1.62. The van der Waals surface area contributed by atoms with Gasteiger partial charge in [0.1, 0.15) is 0 Å². The maximum atomic E-state index is 11.8. The molecule has 1 heterocycles. The van der Waals surface area contributed by atoms with Crippen LogP contribution in [0, 0.1) is 5.92 Å². The summed E-state index contributed by atoms with van der Waals surface area (Å²) in [6, 6.07) is 0. The SMILES string of the molecule is O=C(O)CC1COC(CNC(=O)C(F)(F)F)C1. The van der Waals surface area contributed by atoms with Crippen molar-refractivity contribution in [3.05, 3.63) is 0 Å². The highest BCUT2D eigenvalue weighted by Gasteiger charge is 2.39. The number of rotatable bonds is 4. The number of alkyl halides is 3. The zero-order chi connectivity index (χ0) is 13.1. The first-order valence-corrected chi connectivity index (χ1v) is 4.97. The minimum atomic E-state index is -4.90. The molecule has 0 aromatic carbocycles. The lowest BCUT2D eigenvalue weighted by Gasteiger charge is -2.12. The molecule has 0 bridgehead atoms. The number of carbonyl (C=O) groups is 2. The van der Waals surface area contributed by atoms with Gasteiger partial charge in [0.2, 0.25) is 0 Å². The molecule has 1 amide bonds. The van der Waals surface area contributed by atoms with E-state index in [1.807, 2.05) is 0 Å². The average Bonchev–Trinajstić information content (AvgIpc) is 2.59. The van der Waals surface area contributed by atoms with Gasteiger partial charge in [-0.05, 0) is 12.3 Å². The summed E-state index contributed by atoms with van der Waals surface area (Å²) < 4.78 is 40.6. The fraction of sp³-hybridized carbons (Fsp3) is 0.778. The number of hydrogen-bond donors (Lipinski definition) is 2. The van der Waals surface area contributed by atoms with Crippen LogP contribution in [-0.4, -0.2) is 42.4 Å². The molecule has 17 heavy (non-hydrogen) atoms. The molecule has 1 saturated heterocycles. The Morgan fingerprint density at radius 2 is 2.06 bits per heavy atom. The summed E-state index contributed by atoms with van der Waals surface area (Å²) in [4.78, 5) is 20.9. The van der Waals surface area contributed by atoms with Crippen molar-refractivity contribution in [3.8, 4) is 0 Å². The molecule has 2 unspecified atom stereocenters. The van der Waals surface area contributed by atoms with Gasteiger partial charge in [-0.2, -0.15) is 13.2 Å². The van der Waals surface area contributed by atoms with Crippen LogP contribution in [0.2, 0.25) is 0 Å². The Morgan fingerprint density at radius 3 is 2.59 bits per heavy atom. The summed E-state index contributed by atoms with van der Waals surface area (Å²) >= 11 is 0. The second-order valence-corrected chi connectivity index (χ2v) is 3.86. The molecule has 1 rings (SSSR count). The van der Waals surface area contributed by atoms with Gasteiger partial charge in [-0.3, -0.25) is 9.59 Å². The van der Waals surface area contributed by atoms with Crippen molar-refractivity contribution in [3.63, 3.8) is 0 Å². The predicted molar refractivity (Wildman–Crippen MR) is 49.2 cm³/mol. The highest BCUT2D eigenvalue weighted by molar-refractivity contribution is 5.81. The highest BCUT2D eigenvalue weighted by Crippen LogP contribution is 2.22. The van der Waals surface area contributed by atoms with Crippen molar-refractivity contribution in [1.29, 1.82) is 0 Å². The van der Waals surface area contributed by atoms with Crippen LogP contribution in [0.1, 0.15) is 12.8 Å². The van der Waals surface area contributed by atoms with E-state index in [9.17, 15) is 22.8 Å². The van der Waals surface area contributed by atoms with Crippen molar-refractivity contribution in [1.82, 2.24) is 5.32 Å². The van der Waals surface area contributed by atoms with Gasteiger partial charge < -0.3 is 15.2 Å². The van der Waals surface area contributed by atoms with Crippen molar-refractivity contribution in [2.75, 3.05) is 13.2 Å². The van der Waals surface area contributed by atoms with Crippen molar-refractivity contribution < 1.29 is 32.6 Å². The molecule has 0 radical (unpaired) electrons. The van der Waals surface area contributed by atoms with Crippen LogP contribution >= 0.6 is 0 Å². The molecule has 0 aromatic rings. The molecule has 5 nitrogen and oxygen atoms in total. The molecular weight excluding hydrogens is 243 g/mol. The average molecular weight is 255 g/mol. The quantitative estimate of drug-likeness (QED) is 0.769. The third-order valence-electron chi connectivity index (χ3n) is 2.37. The largest absolute Gasteiger partial charge is 0.481 e. The Morgan fingerprint density at radius 1 is 1.41 bits per heavy atom. The monoisotopic (exact) mass is 255 g/mol. The fourth-order valence-corrected chi connectivity index (χ4v) is 1.62. The highest BCUT2D eigenvalue weighted by atomic mass is 19.4. The van der Waals surface area contributed by atoms with E-state index in [4.69, 9.17) is 9.84 Å². The van der Waals surface area contributed by atoms with Gasteiger partial charge in [0, 0.05) is 6.54 Å². The zero-order valence-corrected chi connectivity index (χ0v) is 8.79. The Labute approximate surface area is 94.9 Å². The van der Waals surface area contributed by atoms with Gasteiger partial charge >= 0.3 is 18.1 Å². The second-order valence-electron chi connectivity index (χ2n) is 3.86. The molecule has 1 aliphatic heterocycles. The van der Waals surface area contributed by atoms with Crippen molar-refractivity contribution >= 4 is 11.9 Å². The second kappa shape index (κ2) is 5.35. The zero-order valence-electron chi connectivity index (χ0n) is 8.79. The Bertz CT molecular complexity index is 305. The van der Waals surface area contributed by atoms with Gasteiger partial charge in [0.25, 0.3) is 0 Å². The number of aliphatic carboxylic acids is 1. The number of hydrogen-bond acceptors (Lipinski definition) is 3. The first-order valence-electron chi connectivity index (χ1n) is 4.97. The van der Waals surface area contributed by atoms with Crippen LogP contribution in [0.15, 0.2) is 0 Å². The lowest BCUT2D eigenvalue weighted by atomic mass is 10.0. The third kappa shape index (κ3) is 4.59. The summed E-state index contributed by atoms with van der Waals surface area (Å²) in [5.41, 5.74) is 0. The number of halogens is 3. The Hall–Kier alpha value is -1.31. The summed E-state index contributed by atoms with van der Waals surface area (Å²) in [5.74, 6) is -3.19. The first-order chi connectivity index (χ1) is 7.79. The van der Waals surface area contributed by atoms with E-state index < -0.39 is 24.2 Å². The Balaban J connectivity index is 2.27. The maximum Gasteiger partial charge on any atom is 0.471 e. The molecule has 1 aliphatic rings. The van der Waals surface area contributed by atoms with E-state index >= 15 is 0 Å². The summed E-state index contributed by atoms with van der Waals surface area (Å²) in [5, 5.41) is 10.2. The van der Waals surface area contributed by atoms with E-state index in [1.54, 1.807) is 5.32 Å². The molecule has 98 valence electrons. The number of nitrogens with one attached hydrogen (secondary N) is 1. The molecule has 1 fully saturated rings. The summed E-state index contributed by atoms with van der Waals surface area (Å²) in [6.45, 7) is -0.0622. The van der Waals surface area contributed by atoms with Gasteiger partial charge in [0.05, 0.1) is 19.1 Å². The number of ether oxygens (including phenoxy) is 1. The van der Waals surface area contributed by atoms with Crippen LogP contribution in [0.25, 0.3) is 0 Å². The molecule has 0 aromatic heterocycles. The summed E-state index contributed by atoms with van der Waals surface area (Å²) in [7, 11) is 0. The summed E-state index contributed by atoms with van der Waals surface area (Å²) in [6.07, 6.45) is -5.20. The lowest BCUT2D eigenvalue weighted by Crippen LogP contribution is -2.40. The lowest BCUT2D eigenvalue weighted by molar-refractivity contribution is -0.174. The predicted octanol–water partition coefficient (Wildman–Crippen LogP) is 0.545. The van der Waals surface area contributed by atoms with Gasteiger partial charge in [0.15, 0.2) is 0 Å². The van der Waals surface area contributed by atoms with Crippen molar-refractivity contribution in [2.24, 2.45) is 5.92 Å². The molecule has 8 heteroatoms. The van der Waals surface area contributed by atoms with Gasteiger partial charge in [-0.15, -0.1) is 0 Å². The van der Waals surface area contributed by atoms with E-state index in [0.717, 1.165) is 0 Å². The van der Waals surface area contributed by atoms with Crippen LogP contribution in [0.4, 0.5) is 13.2 Å². The molecule has 0 spiro atoms. The van der Waals surface area contributed by atoms with E-state index in [2.05, 4.69) is 0 Å². The van der Waals surface area contributed by atoms with E-state index in [1.165, 1.54) is 0 Å². The topological polar surface area (TPSA) is 75.6 Å². The number of carboxylic acids is 1. The Kier molecular flexibility index (Phi) is 4.33. The van der Waals surface area contributed by atoms with E-state index in [0.29, 0.717) is 6.42 Å². The van der Waals surface area contributed by atoms with Crippen LogP contribution in [0.3, 0.4) is 0 Å². The number of carboxylic acid groups (broad SMARTS) is 1. The van der Waals surface area contributed by atoms with Gasteiger partial charge in [-0.25, -0.2) is 0 Å². The van der Waals surface area contributed by atoms with Crippen LogP contribution < -0.4 is 5.32 Å². The van der Waals surface area contributed by atoms with E-state index in [-0.39, 0.29) is 25.5 Å². The number of amides is 1. The standard InChI is InChI=1S/C9H12F3NO4/c10-9(11,12)8(16)13-3-6-1-5(4-17-6)2-7(14)15/h5-6H,1-4H2,(H,13,16)(H,14,15). The third-order valence-corrected chi connectivity index (χ3v) is 2.37. The number of carbonyl (C=O) groups excluding carboxylic acids is 1. The maximum absolute atomic E-state index is 11.8. The van der Waals surface area contributed by atoms with Crippen LogP contribution in [-0.2, 0) is 14.3 Å². The van der Waals surface area contributed by atoms with Crippen LogP contribution in [0.5, 0.6) is 0 Å². The van der Waals surface area contributed by atoms with Gasteiger partial charge in [-0.1, -0.05) is 0 Å². The molecule has 2 atom stereocenters. The van der Waals surface area contributed by atoms with Crippen molar-refractivity contribution in [2.45, 2.75) is 25.1 Å². The molecule has 0 aliphatic carbocycles. The first kappa shape index (κ1) is 13.8. The molecule has 0 saturated carbocycles. The molecule has 2 N–H and O–H groups in total. The smallest absolute Gasteiger partial charge is 0.471 e. The minimum absolute atomic E-state index is 0.0796. The molecular formula is C9H12F3NO4. The normalized spacial score (nSPS) is 24.6. The minimum Gasteiger partial charge on any atom is -0.481 e.